The molecule has 0 bridgehead atoms. The van der Waals surface area contributed by atoms with Crippen LogP contribution in [-0.4, -0.2) is 63.8 Å². The van der Waals surface area contributed by atoms with Crippen LogP contribution in [0.3, 0.4) is 0 Å². The summed E-state index contributed by atoms with van der Waals surface area (Å²) in [5.41, 5.74) is -1.20. The lowest BCUT2D eigenvalue weighted by Gasteiger charge is -2.18. The molecule has 0 unspecified atom stereocenters. The maximum Gasteiger partial charge on any atom is 0.416 e. The zero-order valence-corrected chi connectivity index (χ0v) is 21.4. The molecule has 0 aliphatic carbocycles. The second-order valence-electron chi connectivity index (χ2n) is 7.96. The number of aromatic nitrogens is 3. The summed E-state index contributed by atoms with van der Waals surface area (Å²) in [6, 6.07) is 7.70. The molecule has 3 aromatic heterocycles. The van der Waals surface area contributed by atoms with Crippen LogP contribution in [0.5, 0.6) is 0 Å². The fourth-order valence-corrected chi connectivity index (χ4v) is 6.30. The molecule has 0 aliphatic heterocycles. The van der Waals surface area contributed by atoms with Crippen LogP contribution < -0.4 is 0 Å². The standard InChI is InChI=1S/C24H19F5N4O4S2/c25-22(26)20-13-19(15-1-4-17(5-2-15)24(27,28)29)31-23-16(14-30-33(20)23)3-6-18-7-8-21(38-18)39(36,37)32(9-11-34)10-12-35/h1-2,4-5,7-8,13-14,22,34-35H,9-12H2. The highest BCUT2D eigenvalue weighted by Gasteiger charge is 2.30. The molecule has 1 aromatic carbocycles. The Hall–Kier alpha value is -3.42. The first-order valence-corrected chi connectivity index (χ1v) is 13.4. The van der Waals surface area contributed by atoms with Gasteiger partial charge in [-0.15, -0.1) is 11.3 Å². The van der Waals surface area contributed by atoms with Crippen LogP contribution in [0.15, 0.2) is 52.9 Å². The van der Waals surface area contributed by atoms with Gasteiger partial charge in [-0.25, -0.2) is 26.7 Å². The Kier molecular flexibility index (Phi) is 8.33. The van der Waals surface area contributed by atoms with Gasteiger partial charge in [0.25, 0.3) is 16.4 Å². The van der Waals surface area contributed by atoms with E-state index in [0.29, 0.717) is 4.88 Å². The Balaban J connectivity index is 1.71. The molecular formula is C24H19F5N4O4S2. The van der Waals surface area contributed by atoms with Crippen molar-refractivity contribution in [3.8, 4) is 23.1 Å². The Labute approximate surface area is 223 Å². The van der Waals surface area contributed by atoms with E-state index < -0.39 is 47.1 Å². The lowest BCUT2D eigenvalue weighted by atomic mass is 10.1. The number of thiophene rings is 1. The molecule has 0 fully saturated rings. The topological polar surface area (TPSA) is 108 Å². The van der Waals surface area contributed by atoms with E-state index in [1.807, 2.05) is 0 Å². The number of hydrogen-bond acceptors (Lipinski definition) is 7. The van der Waals surface area contributed by atoms with Crippen molar-refractivity contribution in [3.05, 3.63) is 70.4 Å². The number of hydrogen-bond donors (Lipinski definition) is 2. The van der Waals surface area contributed by atoms with Gasteiger partial charge in [0.15, 0.2) is 5.65 Å². The molecule has 0 radical (unpaired) electrons. The molecule has 0 amide bonds. The summed E-state index contributed by atoms with van der Waals surface area (Å²) < 4.78 is 93.7. The normalized spacial score (nSPS) is 12.3. The number of aliphatic hydroxyl groups excluding tert-OH is 2. The predicted octanol–water partition coefficient (Wildman–Crippen LogP) is 3.79. The highest BCUT2D eigenvalue weighted by Crippen LogP contribution is 2.32. The second kappa shape index (κ2) is 11.4. The molecule has 3 heterocycles. The van der Waals surface area contributed by atoms with E-state index in [-0.39, 0.29) is 39.8 Å². The van der Waals surface area contributed by atoms with Gasteiger partial charge < -0.3 is 10.2 Å². The number of alkyl halides is 5. The van der Waals surface area contributed by atoms with Gasteiger partial charge in [0.05, 0.1) is 41.1 Å². The molecule has 0 saturated heterocycles. The fraction of sp³-hybridized carbons (Fsp3) is 0.250. The van der Waals surface area contributed by atoms with Crippen LogP contribution in [0.4, 0.5) is 22.0 Å². The fourth-order valence-electron chi connectivity index (χ4n) is 3.56. The van der Waals surface area contributed by atoms with Crippen LogP contribution >= 0.6 is 11.3 Å². The van der Waals surface area contributed by atoms with E-state index in [9.17, 15) is 30.4 Å². The molecule has 8 nitrogen and oxygen atoms in total. The van der Waals surface area contributed by atoms with Crippen LogP contribution in [0.25, 0.3) is 16.9 Å². The maximum absolute atomic E-state index is 13.8. The average molecular weight is 587 g/mol. The summed E-state index contributed by atoms with van der Waals surface area (Å²) in [5.74, 6) is 5.48. The van der Waals surface area contributed by atoms with Gasteiger partial charge in [-0.3, -0.25) is 0 Å². The maximum atomic E-state index is 13.8. The first-order valence-electron chi connectivity index (χ1n) is 11.1. The molecule has 0 aliphatic rings. The first-order chi connectivity index (χ1) is 18.5. The van der Waals surface area contributed by atoms with Crippen LogP contribution in [0, 0.1) is 11.8 Å². The van der Waals surface area contributed by atoms with Crippen molar-refractivity contribution in [2.45, 2.75) is 16.8 Å². The number of aliphatic hydroxyl groups is 2. The lowest BCUT2D eigenvalue weighted by molar-refractivity contribution is -0.137. The van der Waals surface area contributed by atoms with Crippen molar-refractivity contribution in [2.24, 2.45) is 0 Å². The Morgan fingerprint density at radius 1 is 1.03 bits per heavy atom. The third-order valence-electron chi connectivity index (χ3n) is 5.43. The summed E-state index contributed by atoms with van der Waals surface area (Å²) in [6.45, 7) is -1.28. The summed E-state index contributed by atoms with van der Waals surface area (Å²) in [5, 5.41) is 22.2. The summed E-state index contributed by atoms with van der Waals surface area (Å²) >= 11 is 0.832. The van der Waals surface area contributed by atoms with Gasteiger partial charge in [0.1, 0.15) is 9.90 Å². The molecule has 39 heavy (non-hydrogen) atoms. The highest BCUT2D eigenvalue weighted by molar-refractivity contribution is 7.91. The molecule has 0 atom stereocenters. The number of sulfonamides is 1. The summed E-state index contributed by atoms with van der Waals surface area (Å²) in [7, 11) is -3.99. The zero-order chi connectivity index (χ0) is 28.4. The minimum absolute atomic E-state index is 0.00700. The molecule has 2 N–H and O–H groups in total. The molecule has 206 valence electrons. The smallest absolute Gasteiger partial charge is 0.395 e. The number of fused-ring (bicyclic) bond motifs is 1. The monoisotopic (exact) mass is 586 g/mol. The molecule has 15 heteroatoms. The third kappa shape index (κ3) is 6.10. The second-order valence-corrected chi connectivity index (χ2v) is 11.2. The SMILES string of the molecule is O=S(=O)(c1ccc(C#Cc2cnn3c(C(F)F)cc(-c4ccc(C(F)(F)F)cc4)nc23)s1)N(CCO)CCO. The van der Waals surface area contributed by atoms with E-state index in [0.717, 1.165) is 50.5 Å². The van der Waals surface area contributed by atoms with Crippen molar-refractivity contribution in [2.75, 3.05) is 26.3 Å². The Morgan fingerprint density at radius 2 is 1.69 bits per heavy atom. The van der Waals surface area contributed by atoms with Crippen molar-refractivity contribution in [3.63, 3.8) is 0 Å². The first kappa shape index (κ1) is 28.6. The van der Waals surface area contributed by atoms with Crippen molar-refractivity contribution in [1.82, 2.24) is 18.9 Å². The molecular weight excluding hydrogens is 567 g/mol. The van der Waals surface area contributed by atoms with E-state index in [1.165, 1.54) is 18.3 Å². The van der Waals surface area contributed by atoms with E-state index in [2.05, 4.69) is 21.9 Å². The number of nitrogens with zero attached hydrogens (tertiary/aromatic N) is 4. The van der Waals surface area contributed by atoms with Crippen LogP contribution in [0.1, 0.15) is 28.1 Å². The lowest BCUT2D eigenvalue weighted by Crippen LogP contribution is -2.35. The molecule has 0 spiro atoms. The van der Waals surface area contributed by atoms with Crippen LogP contribution in [0.2, 0.25) is 0 Å². The van der Waals surface area contributed by atoms with E-state index in [4.69, 9.17) is 10.2 Å². The van der Waals surface area contributed by atoms with Gasteiger partial charge in [0, 0.05) is 18.7 Å². The van der Waals surface area contributed by atoms with Gasteiger partial charge >= 0.3 is 6.18 Å². The Morgan fingerprint density at radius 3 is 2.28 bits per heavy atom. The highest BCUT2D eigenvalue weighted by atomic mass is 32.2. The number of halogens is 5. The van der Waals surface area contributed by atoms with Crippen LogP contribution in [-0.2, 0) is 16.2 Å². The van der Waals surface area contributed by atoms with Crippen molar-refractivity contribution >= 4 is 27.0 Å². The molecule has 4 aromatic rings. The Bertz CT molecular complexity index is 1630. The molecule has 4 rings (SSSR count). The van der Waals surface area contributed by atoms with Gasteiger partial charge in [-0.2, -0.15) is 22.6 Å². The molecule has 0 saturated carbocycles. The summed E-state index contributed by atoms with van der Waals surface area (Å²) in [6.07, 6.45) is -6.34. The zero-order valence-electron chi connectivity index (χ0n) is 19.7. The van der Waals surface area contributed by atoms with E-state index in [1.54, 1.807) is 0 Å². The van der Waals surface area contributed by atoms with Gasteiger partial charge in [0.2, 0.25) is 0 Å². The average Bonchev–Trinajstić information content (AvgIpc) is 3.54. The van der Waals surface area contributed by atoms with E-state index >= 15 is 0 Å². The van der Waals surface area contributed by atoms with Crippen molar-refractivity contribution < 1.29 is 40.6 Å². The quantitative estimate of drug-likeness (QED) is 0.240. The van der Waals surface area contributed by atoms with Gasteiger partial charge in [-0.1, -0.05) is 24.0 Å². The van der Waals surface area contributed by atoms with Crippen molar-refractivity contribution in [1.29, 1.82) is 0 Å². The minimum Gasteiger partial charge on any atom is -0.395 e. The van der Waals surface area contributed by atoms with Gasteiger partial charge in [-0.05, 0) is 30.3 Å². The largest absolute Gasteiger partial charge is 0.416 e. The third-order valence-corrected chi connectivity index (χ3v) is 8.79. The number of benzene rings is 1. The predicted molar refractivity (Wildman–Crippen MR) is 132 cm³/mol. The minimum atomic E-state index is -4.56. The number of rotatable bonds is 8. The summed E-state index contributed by atoms with van der Waals surface area (Å²) in [4.78, 5) is 4.61.